The number of carbonyl (C=O) groups is 1. The van der Waals surface area contributed by atoms with Crippen LogP contribution < -0.4 is 16.2 Å². The van der Waals surface area contributed by atoms with Gasteiger partial charge in [-0.05, 0) is 29.8 Å². The number of hydrazine groups is 1. The molecule has 2 aliphatic rings. The molecule has 3 atom stereocenters. The van der Waals surface area contributed by atoms with Gasteiger partial charge >= 0.3 is 0 Å². The van der Waals surface area contributed by atoms with Crippen molar-refractivity contribution in [2.45, 2.75) is 18.0 Å². The van der Waals surface area contributed by atoms with Crippen LogP contribution in [0.15, 0.2) is 72.9 Å². The summed E-state index contributed by atoms with van der Waals surface area (Å²) in [5.74, 6) is -0.0108. The number of nitrogens with one attached hydrogen (secondary N) is 3. The van der Waals surface area contributed by atoms with Crippen LogP contribution in [0.25, 0.3) is 0 Å². The van der Waals surface area contributed by atoms with Crippen LogP contribution in [-0.2, 0) is 0 Å². The minimum Gasteiger partial charge on any atom is -0.376 e. The van der Waals surface area contributed by atoms with Crippen LogP contribution in [0, 0.1) is 0 Å². The van der Waals surface area contributed by atoms with E-state index in [1.165, 1.54) is 5.56 Å². The second-order valence-electron chi connectivity index (χ2n) is 6.66. The summed E-state index contributed by atoms with van der Waals surface area (Å²) < 4.78 is 0. The molecule has 0 saturated heterocycles. The van der Waals surface area contributed by atoms with Gasteiger partial charge < -0.3 is 5.32 Å². The molecule has 128 valence electrons. The highest BCUT2D eigenvalue weighted by molar-refractivity contribution is 5.98. The van der Waals surface area contributed by atoms with Gasteiger partial charge in [0.25, 0.3) is 5.91 Å². The second-order valence-corrected chi connectivity index (χ2v) is 6.66. The van der Waals surface area contributed by atoms with Crippen molar-refractivity contribution in [3.63, 3.8) is 0 Å². The third-order valence-electron chi connectivity index (χ3n) is 5.22. The van der Waals surface area contributed by atoms with Gasteiger partial charge in [-0.25, -0.2) is 5.43 Å². The normalized spacial score (nSPS) is 23.5. The standard InChI is InChI=1S/C21H18N4O/c26-21-14-9-6-11-15-18(14)20(24-25-21)17(13-7-2-1-3-8-13)19(23-15)16-10-4-5-12-22-16/h1-12,17,19-20,23-24H,(H,25,26). The maximum absolute atomic E-state index is 12.3. The number of rotatable bonds is 2. The van der Waals surface area contributed by atoms with E-state index in [0.29, 0.717) is 0 Å². The molecule has 0 radical (unpaired) electrons. The van der Waals surface area contributed by atoms with Gasteiger partial charge in [0.1, 0.15) is 0 Å². The number of nitrogens with zero attached hydrogens (tertiary/aromatic N) is 1. The number of hydrogen-bond donors (Lipinski definition) is 3. The Labute approximate surface area is 151 Å². The Balaban J connectivity index is 1.72. The Bertz CT molecular complexity index is 958. The van der Waals surface area contributed by atoms with E-state index in [9.17, 15) is 4.79 Å². The molecule has 26 heavy (non-hydrogen) atoms. The molecule has 0 saturated carbocycles. The zero-order chi connectivity index (χ0) is 17.5. The third kappa shape index (κ3) is 2.29. The number of hydrogen-bond acceptors (Lipinski definition) is 4. The minimum atomic E-state index is -0.0944. The molecule has 1 amide bonds. The highest BCUT2D eigenvalue weighted by Crippen LogP contribution is 2.49. The Kier molecular flexibility index (Phi) is 3.47. The molecular formula is C21H18N4O. The monoisotopic (exact) mass is 342 g/mol. The maximum atomic E-state index is 12.3. The molecule has 1 aromatic heterocycles. The van der Waals surface area contributed by atoms with Gasteiger partial charge in [0.15, 0.2) is 0 Å². The van der Waals surface area contributed by atoms with Crippen molar-refractivity contribution in [1.29, 1.82) is 0 Å². The second kappa shape index (κ2) is 5.97. The number of carbonyl (C=O) groups excluding carboxylic acids is 1. The summed E-state index contributed by atoms with van der Waals surface area (Å²) in [6, 6.07) is 22.2. The molecule has 3 N–H and O–H groups in total. The lowest BCUT2D eigenvalue weighted by atomic mass is 9.75. The van der Waals surface area contributed by atoms with Crippen LogP contribution in [0.1, 0.15) is 45.2 Å². The number of amides is 1. The molecule has 3 aromatic rings. The van der Waals surface area contributed by atoms with Crippen molar-refractivity contribution in [2.24, 2.45) is 0 Å². The molecule has 0 aliphatic carbocycles. The smallest absolute Gasteiger partial charge is 0.265 e. The molecule has 0 bridgehead atoms. The first kappa shape index (κ1) is 15.1. The van der Waals surface area contributed by atoms with Crippen LogP contribution in [0.3, 0.4) is 0 Å². The first-order chi connectivity index (χ1) is 12.8. The predicted octanol–water partition coefficient (Wildman–Crippen LogP) is 3.32. The van der Waals surface area contributed by atoms with Crippen LogP contribution >= 0.6 is 0 Å². The van der Waals surface area contributed by atoms with E-state index >= 15 is 0 Å². The summed E-state index contributed by atoms with van der Waals surface area (Å²) in [6.07, 6.45) is 1.82. The number of pyridine rings is 1. The number of anilines is 1. The first-order valence-electron chi connectivity index (χ1n) is 8.74. The third-order valence-corrected chi connectivity index (χ3v) is 5.22. The van der Waals surface area contributed by atoms with Crippen LogP contribution in [0.5, 0.6) is 0 Å². The maximum Gasteiger partial charge on any atom is 0.265 e. The highest BCUT2D eigenvalue weighted by atomic mass is 16.2. The SMILES string of the molecule is O=C1NNC2c3c(cccc31)NC(c1ccccn1)C2c1ccccc1. The largest absolute Gasteiger partial charge is 0.376 e. The van der Waals surface area contributed by atoms with Crippen LogP contribution in [0.2, 0.25) is 0 Å². The Morgan fingerprint density at radius 1 is 0.846 bits per heavy atom. The Morgan fingerprint density at radius 3 is 2.50 bits per heavy atom. The zero-order valence-electron chi connectivity index (χ0n) is 14.0. The van der Waals surface area contributed by atoms with Gasteiger partial charge in [-0.1, -0.05) is 42.5 Å². The van der Waals surface area contributed by atoms with E-state index in [1.54, 1.807) is 0 Å². The molecule has 5 heteroatoms. The molecule has 5 nitrogen and oxygen atoms in total. The Hall–Kier alpha value is -3.18. The van der Waals surface area contributed by atoms with E-state index in [2.05, 4.69) is 33.3 Å². The summed E-state index contributed by atoms with van der Waals surface area (Å²) in [6.45, 7) is 0. The van der Waals surface area contributed by atoms with Gasteiger partial charge in [-0.3, -0.25) is 15.2 Å². The lowest BCUT2D eigenvalue weighted by Crippen LogP contribution is -2.50. The van der Waals surface area contributed by atoms with Gasteiger partial charge in [0.2, 0.25) is 0 Å². The highest BCUT2D eigenvalue weighted by Gasteiger charge is 2.42. The lowest BCUT2D eigenvalue weighted by molar-refractivity contribution is 0.0899. The number of aromatic nitrogens is 1. The van der Waals surface area contributed by atoms with Gasteiger partial charge in [-0.2, -0.15) is 0 Å². The molecule has 0 fully saturated rings. The minimum absolute atomic E-state index is 0.00569. The average molecular weight is 342 g/mol. The van der Waals surface area contributed by atoms with Crippen LogP contribution in [-0.4, -0.2) is 10.9 Å². The van der Waals surface area contributed by atoms with Crippen molar-refractivity contribution in [1.82, 2.24) is 15.8 Å². The van der Waals surface area contributed by atoms with Crippen molar-refractivity contribution < 1.29 is 4.79 Å². The Morgan fingerprint density at radius 2 is 1.69 bits per heavy atom. The summed E-state index contributed by atoms with van der Waals surface area (Å²) >= 11 is 0. The van der Waals surface area contributed by atoms with Crippen molar-refractivity contribution in [3.05, 3.63) is 95.3 Å². The molecule has 0 spiro atoms. The predicted molar refractivity (Wildman–Crippen MR) is 99.6 cm³/mol. The van der Waals surface area contributed by atoms with Crippen molar-refractivity contribution >= 4 is 11.6 Å². The zero-order valence-corrected chi connectivity index (χ0v) is 14.0. The fourth-order valence-corrected chi connectivity index (χ4v) is 4.10. The molecule has 3 unspecified atom stereocenters. The summed E-state index contributed by atoms with van der Waals surface area (Å²) in [7, 11) is 0. The van der Waals surface area contributed by atoms with E-state index in [-0.39, 0.29) is 23.9 Å². The van der Waals surface area contributed by atoms with E-state index < -0.39 is 0 Å². The van der Waals surface area contributed by atoms with Gasteiger partial charge in [0, 0.05) is 28.9 Å². The summed E-state index contributed by atoms with van der Waals surface area (Å²) in [4.78, 5) is 16.9. The van der Waals surface area contributed by atoms with E-state index in [0.717, 1.165) is 22.5 Å². The molecule has 5 rings (SSSR count). The lowest BCUT2D eigenvalue weighted by Gasteiger charge is -2.43. The number of benzene rings is 2. The van der Waals surface area contributed by atoms with Gasteiger partial charge in [-0.15, -0.1) is 0 Å². The molecule has 3 heterocycles. The van der Waals surface area contributed by atoms with Crippen molar-refractivity contribution in [2.75, 3.05) is 5.32 Å². The van der Waals surface area contributed by atoms with Crippen LogP contribution in [0.4, 0.5) is 5.69 Å². The summed E-state index contributed by atoms with van der Waals surface area (Å²) in [5.41, 5.74) is 11.0. The summed E-state index contributed by atoms with van der Waals surface area (Å²) in [5, 5.41) is 3.64. The van der Waals surface area contributed by atoms with E-state index in [1.807, 2.05) is 60.8 Å². The molecular weight excluding hydrogens is 324 g/mol. The van der Waals surface area contributed by atoms with Gasteiger partial charge in [0.05, 0.1) is 17.8 Å². The van der Waals surface area contributed by atoms with E-state index in [4.69, 9.17) is 0 Å². The molecule has 2 aliphatic heterocycles. The van der Waals surface area contributed by atoms with Crippen molar-refractivity contribution in [3.8, 4) is 0 Å². The fourth-order valence-electron chi connectivity index (χ4n) is 4.10. The topological polar surface area (TPSA) is 66.1 Å². The first-order valence-corrected chi connectivity index (χ1v) is 8.74. The fraction of sp³-hybridized carbons (Fsp3) is 0.143. The molecule has 2 aromatic carbocycles. The average Bonchev–Trinajstić information content (AvgIpc) is 2.71. The quantitative estimate of drug-likeness (QED) is 0.668.